The van der Waals surface area contributed by atoms with E-state index in [4.69, 9.17) is 0 Å². The van der Waals surface area contributed by atoms with Crippen molar-refractivity contribution in [2.75, 3.05) is 10.6 Å². The Hall–Kier alpha value is -5.55. The molecule has 0 fully saturated rings. The summed E-state index contributed by atoms with van der Waals surface area (Å²) in [6.45, 7) is 3.63. The molecule has 10 nitrogen and oxygen atoms in total. The molecule has 0 bridgehead atoms. The van der Waals surface area contributed by atoms with E-state index in [1.54, 1.807) is 36.4 Å². The fraction of sp³-hybridized carbons (Fsp3) is 0.118. The summed E-state index contributed by atoms with van der Waals surface area (Å²) in [5.41, 5.74) is 1.92. The molecule has 2 N–H and O–H groups in total. The molecule has 2 amide bonds. The number of amides is 2. The van der Waals surface area contributed by atoms with Crippen LogP contribution in [-0.2, 0) is 19.4 Å². The van der Waals surface area contributed by atoms with Crippen LogP contribution in [0.2, 0.25) is 0 Å². The number of anilines is 2. The van der Waals surface area contributed by atoms with E-state index in [9.17, 15) is 37.2 Å². The van der Waals surface area contributed by atoms with Gasteiger partial charge in [0.25, 0.3) is 0 Å². The molecule has 4 aromatic rings. The van der Waals surface area contributed by atoms with Gasteiger partial charge < -0.3 is 10.6 Å². The van der Waals surface area contributed by atoms with Gasteiger partial charge in [-0.1, -0.05) is 24.3 Å². The van der Waals surface area contributed by atoms with Crippen molar-refractivity contribution in [3.05, 3.63) is 118 Å². The third-order valence-corrected chi connectivity index (χ3v) is 9.56. The highest BCUT2D eigenvalue weighted by atomic mass is 32.2. The van der Waals surface area contributed by atoms with Crippen LogP contribution in [0.4, 0.5) is 11.4 Å². The van der Waals surface area contributed by atoms with Crippen molar-refractivity contribution in [1.82, 2.24) is 0 Å². The predicted molar refractivity (Wildman–Crippen MR) is 162 cm³/mol. The van der Waals surface area contributed by atoms with Gasteiger partial charge in [-0.25, -0.2) is 8.42 Å². The number of ketones is 4. The summed E-state index contributed by atoms with van der Waals surface area (Å²) in [4.78, 5) is 77.6. The SMILES string of the molecule is Cc1cccc(NC(=O)C2C(=O)c3ccc(S(=O)(=O)c4ccc5c(c4)C(=O)C(C(=O)Nc4cccc(C)c4)C5=O)cc3C2=O)c1. The Morgan fingerprint density at radius 2 is 0.911 bits per heavy atom. The highest BCUT2D eigenvalue weighted by Crippen LogP contribution is 2.34. The Kier molecular flexibility index (Phi) is 7.13. The van der Waals surface area contributed by atoms with Gasteiger partial charge in [0.05, 0.1) is 9.79 Å². The van der Waals surface area contributed by atoms with E-state index in [0.29, 0.717) is 11.4 Å². The zero-order valence-corrected chi connectivity index (χ0v) is 24.7. The molecule has 224 valence electrons. The molecule has 2 aliphatic rings. The first-order valence-corrected chi connectivity index (χ1v) is 15.3. The van der Waals surface area contributed by atoms with E-state index in [1.807, 2.05) is 26.0 Å². The first kappa shape index (κ1) is 29.5. The number of sulfone groups is 1. The fourth-order valence-electron chi connectivity index (χ4n) is 5.57. The number of aryl methyl sites for hydroxylation is 2. The predicted octanol–water partition coefficient (Wildman–Crippen LogP) is 4.40. The van der Waals surface area contributed by atoms with Crippen molar-refractivity contribution in [2.45, 2.75) is 23.6 Å². The molecule has 0 aliphatic heterocycles. The quantitative estimate of drug-likeness (QED) is 0.300. The smallest absolute Gasteiger partial charge is 0.243 e. The summed E-state index contributed by atoms with van der Waals surface area (Å²) in [5.74, 6) is -8.20. The lowest BCUT2D eigenvalue weighted by molar-refractivity contribution is -0.118. The number of nitrogens with one attached hydrogen (secondary N) is 2. The minimum atomic E-state index is -4.37. The second-order valence-electron chi connectivity index (χ2n) is 11.0. The second kappa shape index (κ2) is 10.9. The first-order valence-electron chi connectivity index (χ1n) is 13.8. The zero-order chi connectivity index (χ0) is 32.2. The minimum absolute atomic E-state index is 0.0828. The standard InChI is InChI=1S/C34H24N2O8S/c1-17-5-3-7-19(13-17)35-33(41)27-29(37)23-11-9-21(15-25(23)31(27)39)45(43,44)22-10-12-24-26(16-22)32(40)28(30(24)38)34(42)36-20-8-4-6-18(2)14-20/h3-16,27-28H,1-2H3,(H,35,41)(H,36,42). The summed E-state index contributed by atoms with van der Waals surface area (Å²) in [6.07, 6.45) is 0. The van der Waals surface area contributed by atoms with Crippen LogP contribution in [0.1, 0.15) is 52.6 Å². The Morgan fingerprint density at radius 1 is 0.533 bits per heavy atom. The maximum Gasteiger partial charge on any atom is 0.243 e. The van der Waals surface area contributed by atoms with E-state index in [1.165, 1.54) is 12.1 Å². The molecule has 0 saturated carbocycles. The molecule has 11 heteroatoms. The lowest BCUT2D eigenvalue weighted by Gasteiger charge is -2.09. The van der Waals surface area contributed by atoms with Crippen LogP contribution >= 0.6 is 0 Å². The number of benzene rings is 4. The number of rotatable bonds is 6. The minimum Gasteiger partial charge on any atom is -0.325 e. The molecule has 0 aromatic heterocycles. The maximum atomic E-state index is 13.6. The topological polar surface area (TPSA) is 161 Å². The molecule has 2 unspecified atom stereocenters. The number of fused-ring (bicyclic) bond motifs is 2. The molecule has 4 aromatic carbocycles. The van der Waals surface area contributed by atoms with Gasteiger partial charge in [-0.05, 0) is 85.6 Å². The van der Waals surface area contributed by atoms with Crippen LogP contribution in [0.3, 0.4) is 0 Å². The number of hydrogen-bond acceptors (Lipinski definition) is 8. The Balaban J connectivity index is 1.26. The van der Waals surface area contributed by atoms with Gasteiger partial charge in [-0.2, -0.15) is 0 Å². The Bertz CT molecular complexity index is 1990. The van der Waals surface area contributed by atoms with Crippen LogP contribution in [0.15, 0.2) is 94.7 Å². The molecule has 0 radical (unpaired) electrons. The number of carbonyl (C=O) groups is 6. The van der Waals surface area contributed by atoms with Crippen LogP contribution < -0.4 is 10.6 Å². The number of carbonyl (C=O) groups excluding carboxylic acids is 6. The van der Waals surface area contributed by atoms with E-state index in [0.717, 1.165) is 35.4 Å². The largest absolute Gasteiger partial charge is 0.325 e. The van der Waals surface area contributed by atoms with Crippen molar-refractivity contribution >= 4 is 56.2 Å². The lowest BCUT2D eigenvalue weighted by Crippen LogP contribution is -2.31. The van der Waals surface area contributed by atoms with Gasteiger partial charge in [-0.15, -0.1) is 0 Å². The van der Waals surface area contributed by atoms with Crippen molar-refractivity contribution in [3.8, 4) is 0 Å². The van der Waals surface area contributed by atoms with Crippen molar-refractivity contribution < 1.29 is 37.2 Å². The third kappa shape index (κ3) is 5.06. The van der Waals surface area contributed by atoms with E-state index >= 15 is 0 Å². The zero-order valence-electron chi connectivity index (χ0n) is 23.9. The monoisotopic (exact) mass is 620 g/mol. The summed E-state index contributed by atoms with van der Waals surface area (Å²) in [7, 11) is -4.37. The third-order valence-electron chi connectivity index (χ3n) is 7.81. The Labute approximate surface area is 257 Å². The fourth-order valence-corrected chi connectivity index (χ4v) is 6.88. The normalized spacial score (nSPS) is 17.2. The van der Waals surface area contributed by atoms with Gasteiger partial charge in [0, 0.05) is 33.6 Å². The number of Topliss-reactive ketones (excluding diaryl/α,β-unsaturated/α-hetero) is 4. The van der Waals surface area contributed by atoms with Crippen molar-refractivity contribution in [3.63, 3.8) is 0 Å². The molecular formula is C34H24N2O8S. The van der Waals surface area contributed by atoms with Crippen LogP contribution in [0.25, 0.3) is 0 Å². The van der Waals surface area contributed by atoms with Crippen molar-refractivity contribution in [1.29, 1.82) is 0 Å². The molecule has 45 heavy (non-hydrogen) atoms. The number of hydrogen-bond donors (Lipinski definition) is 2. The van der Waals surface area contributed by atoms with Crippen LogP contribution in [0, 0.1) is 25.7 Å². The average Bonchev–Trinajstić information content (AvgIpc) is 3.40. The maximum absolute atomic E-state index is 13.6. The van der Waals surface area contributed by atoms with Gasteiger partial charge in [-0.3, -0.25) is 28.8 Å². The van der Waals surface area contributed by atoms with Gasteiger partial charge in [0.2, 0.25) is 21.7 Å². The first-order chi connectivity index (χ1) is 21.4. The average molecular weight is 621 g/mol. The van der Waals surface area contributed by atoms with Crippen LogP contribution in [0.5, 0.6) is 0 Å². The van der Waals surface area contributed by atoms with Gasteiger partial charge in [0.15, 0.2) is 35.0 Å². The summed E-state index contributed by atoms with van der Waals surface area (Å²) in [6, 6.07) is 20.3. The van der Waals surface area contributed by atoms with Gasteiger partial charge >= 0.3 is 0 Å². The molecule has 6 rings (SSSR count). The van der Waals surface area contributed by atoms with E-state index in [2.05, 4.69) is 10.6 Å². The molecular weight excluding hydrogens is 596 g/mol. The molecule has 2 aliphatic carbocycles. The van der Waals surface area contributed by atoms with E-state index in [-0.39, 0.29) is 32.0 Å². The summed E-state index contributed by atoms with van der Waals surface area (Å²) < 4.78 is 27.3. The highest BCUT2D eigenvalue weighted by molar-refractivity contribution is 7.91. The summed E-state index contributed by atoms with van der Waals surface area (Å²) in [5, 5.41) is 5.13. The van der Waals surface area contributed by atoms with Crippen molar-refractivity contribution in [2.24, 2.45) is 11.8 Å². The summed E-state index contributed by atoms with van der Waals surface area (Å²) >= 11 is 0. The lowest BCUT2D eigenvalue weighted by atomic mass is 10.0. The van der Waals surface area contributed by atoms with Gasteiger partial charge in [0.1, 0.15) is 0 Å². The molecule has 0 heterocycles. The highest BCUT2D eigenvalue weighted by Gasteiger charge is 2.45. The molecule has 0 saturated heterocycles. The molecule has 0 spiro atoms. The van der Waals surface area contributed by atoms with E-state index < -0.39 is 56.6 Å². The van der Waals surface area contributed by atoms with Crippen LogP contribution in [-0.4, -0.2) is 43.4 Å². The Morgan fingerprint density at radius 3 is 1.29 bits per heavy atom. The second-order valence-corrected chi connectivity index (χ2v) is 12.9. The molecule has 2 atom stereocenters.